The molecule has 0 aromatic carbocycles. The zero-order chi connectivity index (χ0) is 14.8. The molecule has 2 rings (SSSR count). The maximum atomic E-state index is 12.3. The molecule has 0 spiro atoms. The van der Waals surface area contributed by atoms with Crippen LogP contribution in [0.1, 0.15) is 24.2 Å². The molecule has 1 saturated heterocycles. The maximum Gasteiger partial charge on any atom is 0.254 e. The van der Waals surface area contributed by atoms with E-state index in [1.165, 1.54) is 11.3 Å². The predicted octanol–water partition coefficient (Wildman–Crippen LogP) is 2.30. The lowest BCUT2D eigenvalue weighted by atomic mass is 9.94. The van der Waals surface area contributed by atoms with Gasteiger partial charge in [-0.3, -0.25) is 9.59 Å². The van der Waals surface area contributed by atoms with Gasteiger partial charge < -0.3 is 9.80 Å². The van der Waals surface area contributed by atoms with Crippen molar-refractivity contribution >= 4 is 34.8 Å². The summed E-state index contributed by atoms with van der Waals surface area (Å²) in [5.74, 6) is 0.421. The van der Waals surface area contributed by atoms with E-state index in [1.54, 1.807) is 9.80 Å². The zero-order valence-electron chi connectivity index (χ0n) is 11.8. The predicted molar refractivity (Wildman–Crippen MR) is 81.3 cm³/mol. The van der Waals surface area contributed by atoms with Crippen molar-refractivity contribution in [2.75, 3.05) is 32.1 Å². The topological polar surface area (TPSA) is 40.6 Å². The van der Waals surface area contributed by atoms with Crippen LogP contribution in [-0.2, 0) is 4.79 Å². The number of hydrogen-bond acceptors (Lipinski definition) is 3. The molecule has 0 N–H and O–H groups in total. The fourth-order valence-electron chi connectivity index (χ4n) is 2.17. The number of halogens is 1. The Balaban J connectivity index is 1.93. The van der Waals surface area contributed by atoms with E-state index in [2.05, 4.69) is 0 Å². The summed E-state index contributed by atoms with van der Waals surface area (Å²) >= 11 is 7.36. The van der Waals surface area contributed by atoms with E-state index in [0.29, 0.717) is 32.1 Å². The first-order chi connectivity index (χ1) is 9.45. The lowest BCUT2D eigenvalue weighted by Crippen LogP contribution is -2.53. The average Bonchev–Trinajstić information content (AvgIpc) is 3.00. The maximum absolute atomic E-state index is 12.3. The third-order valence-electron chi connectivity index (χ3n) is 3.54. The van der Waals surface area contributed by atoms with E-state index in [1.807, 2.05) is 30.7 Å². The summed E-state index contributed by atoms with van der Waals surface area (Å²) in [4.78, 5) is 28.1. The summed E-state index contributed by atoms with van der Waals surface area (Å²) in [7, 11) is 0. The van der Waals surface area contributed by atoms with Crippen LogP contribution in [0.15, 0.2) is 16.8 Å². The van der Waals surface area contributed by atoms with Crippen molar-refractivity contribution in [1.29, 1.82) is 0 Å². The largest absolute Gasteiger partial charge is 0.339 e. The van der Waals surface area contributed by atoms with Gasteiger partial charge in [0.2, 0.25) is 5.91 Å². The van der Waals surface area contributed by atoms with Crippen molar-refractivity contribution in [3.63, 3.8) is 0 Å². The Morgan fingerprint density at radius 2 is 1.85 bits per heavy atom. The summed E-state index contributed by atoms with van der Waals surface area (Å²) < 4.78 is 0. The Morgan fingerprint density at radius 1 is 1.25 bits per heavy atom. The van der Waals surface area contributed by atoms with Gasteiger partial charge in [-0.25, -0.2) is 0 Å². The molecule has 1 fully saturated rings. The number of carbonyl (C=O) groups is 2. The molecule has 110 valence electrons. The normalized spacial score (nSPS) is 16.4. The van der Waals surface area contributed by atoms with Crippen molar-refractivity contribution in [3.05, 3.63) is 22.4 Å². The molecule has 0 atom stereocenters. The number of thiophene rings is 1. The van der Waals surface area contributed by atoms with Crippen molar-refractivity contribution in [1.82, 2.24) is 9.80 Å². The second kappa shape index (κ2) is 6.14. The quantitative estimate of drug-likeness (QED) is 0.803. The Labute approximate surface area is 128 Å². The second-order valence-electron chi connectivity index (χ2n) is 5.61. The molecule has 20 heavy (non-hydrogen) atoms. The fraction of sp³-hybridized carbons (Fsp3) is 0.571. The molecule has 2 heterocycles. The highest BCUT2D eigenvalue weighted by Gasteiger charge is 2.33. The van der Waals surface area contributed by atoms with E-state index >= 15 is 0 Å². The first-order valence-corrected chi connectivity index (χ1v) is 8.10. The Hall–Kier alpha value is -1.07. The van der Waals surface area contributed by atoms with E-state index in [-0.39, 0.29) is 11.8 Å². The molecule has 0 bridgehead atoms. The SMILES string of the molecule is CC(C)(CCl)C(=O)N1CCN(C(=O)c2ccsc2)CC1. The lowest BCUT2D eigenvalue weighted by molar-refractivity contribution is -0.140. The fourth-order valence-corrected chi connectivity index (χ4v) is 2.91. The summed E-state index contributed by atoms with van der Waals surface area (Å²) in [5, 5.41) is 3.76. The van der Waals surface area contributed by atoms with E-state index in [9.17, 15) is 9.59 Å². The van der Waals surface area contributed by atoms with Gasteiger partial charge in [0.1, 0.15) is 0 Å². The molecule has 1 aromatic heterocycles. The molecule has 4 nitrogen and oxygen atoms in total. The molecule has 0 aliphatic carbocycles. The van der Waals surface area contributed by atoms with E-state index in [0.717, 1.165) is 5.56 Å². The van der Waals surface area contributed by atoms with Crippen LogP contribution in [0.3, 0.4) is 0 Å². The molecular formula is C14H19ClN2O2S. The molecule has 0 unspecified atom stereocenters. The second-order valence-corrected chi connectivity index (χ2v) is 6.66. The summed E-state index contributed by atoms with van der Waals surface area (Å²) in [6, 6.07) is 1.83. The minimum atomic E-state index is -0.541. The Morgan fingerprint density at radius 3 is 2.35 bits per heavy atom. The molecule has 0 saturated carbocycles. The summed E-state index contributed by atoms with van der Waals surface area (Å²) in [5.41, 5.74) is 0.192. The first kappa shape index (κ1) is 15.3. The van der Waals surface area contributed by atoms with Crippen LogP contribution in [0.25, 0.3) is 0 Å². The summed E-state index contributed by atoms with van der Waals surface area (Å²) in [6.07, 6.45) is 0. The van der Waals surface area contributed by atoms with Gasteiger partial charge in [0.15, 0.2) is 0 Å². The number of alkyl halides is 1. The number of hydrogen-bond donors (Lipinski definition) is 0. The monoisotopic (exact) mass is 314 g/mol. The molecular weight excluding hydrogens is 296 g/mol. The van der Waals surface area contributed by atoms with Crippen LogP contribution >= 0.6 is 22.9 Å². The number of rotatable bonds is 3. The third-order valence-corrected chi connectivity index (χ3v) is 4.89. The van der Waals surface area contributed by atoms with Gasteiger partial charge in [0, 0.05) is 37.4 Å². The summed E-state index contributed by atoms with van der Waals surface area (Å²) in [6.45, 7) is 6.03. The van der Waals surface area contributed by atoms with Crippen LogP contribution < -0.4 is 0 Å². The highest BCUT2D eigenvalue weighted by atomic mass is 35.5. The highest BCUT2D eigenvalue weighted by molar-refractivity contribution is 7.08. The molecule has 1 aromatic rings. The standard InChI is InChI=1S/C14H19ClN2O2S/c1-14(2,10-15)13(19)17-6-4-16(5-7-17)12(18)11-3-8-20-9-11/h3,8-9H,4-7,10H2,1-2H3. The highest BCUT2D eigenvalue weighted by Crippen LogP contribution is 2.22. The van der Waals surface area contributed by atoms with Gasteiger partial charge in [0.25, 0.3) is 5.91 Å². The molecule has 0 radical (unpaired) electrons. The van der Waals surface area contributed by atoms with Crippen LogP contribution in [-0.4, -0.2) is 53.7 Å². The lowest BCUT2D eigenvalue weighted by Gasteiger charge is -2.38. The van der Waals surface area contributed by atoms with E-state index < -0.39 is 5.41 Å². The average molecular weight is 315 g/mol. The zero-order valence-corrected chi connectivity index (χ0v) is 13.3. The molecule has 2 amide bonds. The molecule has 1 aliphatic heterocycles. The number of piperazine rings is 1. The van der Waals surface area contributed by atoms with Gasteiger partial charge in [-0.15, -0.1) is 11.6 Å². The Kier molecular flexibility index (Phi) is 4.70. The number of amides is 2. The van der Waals surface area contributed by atoms with Crippen LogP contribution in [0.2, 0.25) is 0 Å². The minimum Gasteiger partial charge on any atom is -0.339 e. The molecule has 1 aliphatic rings. The number of nitrogens with zero attached hydrogens (tertiary/aromatic N) is 2. The minimum absolute atomic E-state index is 0.0509. The van der Waals surface area contributed by atoms with E-state index in [4.69, 9.17) is 11.6 Å². The van der Waals surface area contributed by atoms with Gasteiger partial charge in [-0.1, -0.05) is 0 Å². The first-order valence-electron chi connectivity index (χ1n) is 6.62. The third kappa shape index (κ3) is 3.15. The van der Waals surface area contributed by atoms with Crippen LogP contribution in [0.5, 0.6) is 0 Å². The van der Waals surface area contributed by atoms with Gasteiger partial charge >= 0.3 is 0 Å². The van der Waals surface area contributed by atoms with Crippen molar-refractivity contribution in [3.8, 4) is 0 Å². The smallest absolute Gasteiger partial charge is 0.254 e. The van der Waals surface area contributed by atoms with Gasteiger partial charge in [-0.2, -0.15) is 11.3 Å². The molecule has 6 heteroatoms. The number of carbonyl (C=O) groups excluding carboxylic acids is 2. The van der Waals surface area contributed by atoms with Crippen LogP contribution in [0, 0.1) is 5.41 Å². The van der Waals surface area contributed by atoms with Crippen LogP contribution in [0.4, 0.5) is 0 Å². The van der Waals surface area contributed by atoms with Crippen molar-refractivity contribution in [2.45, 2.75) is 13.8 Å². The van der Waals surface area contributed by atoms with Crippen molar-refractivity contribution < 1.29 is 9.59 Å². The van der Waals surface area contributed by atoms with Gasteiger partial charge in [0.05, 0.1) is 11.0 Å². The van der Waals surface area contributed by atoms with Gasteiger partial charge in [-0.05, 0) is 25.3 Å². The Bertz CT molecular complexity index is 479. The van der Waals surface area contributed by atoms with Crippen molar-refractivity contribution in [2.24, 2.45) is 5.41 Å².